The molecule has 0 heterocycles. The van der Waals surface area contributed by atoms with Gasteiger partial charge in [0.25, 0.3) is 10.0 Å². The van der Waals surface area contributed by atoms with Gasteiger partial charge in [-0.05, 0) is 42.5 Å². The van der Waals surface area contributed by atoms with Gasteiger partial charge in [0.05, 0.1) is 4.90 Å². The summed E-state index contributed by atoms with van der Waals surface area (Å²) in [5.74, 6) is -0.180. The van der Waals surface area contributed by atoms with E-state index >= 15 is 0 Å². The van der Waals surface area contributed by atoms with E-state index in [0.717, 1.165) is 6.42 Å². The van der Waals surface area contributed by atoms with Gasteiger partial charge in [-0.2, -0.15) is 0 Å². The van der Waals surface area contributed by atoms with E-state index < -0.39 is 15.9 Å². The number of nitrogens with one attached hydrogen (secondary N) is 2. The third-order valence-electron chi connectivity index (χ3n) is 3.14. The van der Waals surface area contributed by atoms with Crippen LogP contribution in [0.15, 0.2) is 29.2 Å². The molecule has 6 nitrogen and oxygen atoms in total. The van der Waals surface area contributed by atoms with Crippen molar-refractivity contribution in [2.75, 3.05) is 5.32 Å². The Bertz CT molecular complexity index is 651. The normalized spacial score (nSPS) is 12.7. The summed E-state index contributed by atoms with van der Waals surface area (Å²) in [5.41, 5.74) is 0.494. The Balaban J connectivity index is 2.71. The van der Waals surface area contributed by atoms with Crippen molar-refractivity contribution in [2.45, 2.75) is 45.4 Å². The maximum absolute atomic E-state index is 12.2. The topological polar surface area (TPSA) is 92.3 Å². The summed E-state index contributed by atoms with van der Waals surface area (Å²) in [5, 5.41) is 2.55. The molecule has 2 amide bonds. The number of rotatable bonds is 7. The minimum Gasteiger partial charge on any atom is -0.326 e. The number of carbonyl (C=O) groups excluding carboxylic acids is 2. The quantitative estimate of drug-likeness (QED) is 0.798. The van der Waals surface area contributed by atoms with Crippen LogP contribution in [0.2, 0.25) is 0 Å². The zero-order valence-corrected chi connectivity index (χ0v) is 14.7. The van der Waals surface area contributed by atoms with Gasteiger partial charge in [0.15, 0.2) is 0 Å². The maximum atomic E-state index is 12.2. The number of sulfonamides is 1. The predicted octanol–water partition coefficient (Wildman–Crippen LogP) is 2.52. The van der Waals surface area contributed by atoms with Gasteiger partial charge >= 0.3 is 0 Å². The number of hydrogen-bond acceptors (Lipinski definition) is 4. The van der Waals surface area contributed by atoms with Crippen LogP contribution in [0.3, 0.4) is 0 Å². The number of anilines is 1. The Morgan fingerprint density at radius 3 is 2.13 bits per heavy atom. The summed E-state index contributed by atoms with van der Waals surface area (Å²) in [6.45, 7) is 7.40. The van der Waals surface area contributed by atoms with E-state index in [1.807, 2.05) is 6.92 Å². The summed E-state index contributed by atoms with van der Waals surface area (Å²) < 4.78 is 26.4. The van der Waals surface area contributed by atoms with Crippen LogP contribution < -0.4 is 10.0 Å². The highest BCUT2D eigenvalue weighted by molar-refractivity contribution is 7.90. The molecular formula is C16H24N2O4S. The molecule has 1 aromatic rings. The SMILES string of the molecule is CC(=O)Nc1ccc(S(=O)(=O)NC(=O)C[C@@H](C)CC(C)C)cc1. The lowest BCUT2D eigenvalue weighted by Gasteiger charge is -2.14. The van der Waals surface area contributed by atoms with Gasteiger partial charge in [-0.1, -0.05) is 20.8 Å². The van der Waals surface area contributed by atoms with E-state index in [9.17, 15) is 18.0 Å². The van der Waals surface area contributed by atoms with Crippen LogP contribution in [0.5, 0.6) is 0 Å². The lowest BCUT2D eigenvalue weighted by molar-refractivity contribution is -0.120. The van der Waals surface area contributed by atoms with E-state index in [1.165, 1.54) is 31.2 Å². The molecule has 1 rings (SSSR count). The van der Waals surface area contributed by atoms with E-state index in [2.05, 4.69) is 23.9 Å². The fraction of sp³-hybridized carbons (Fsp3) is 0.500. The lowest BCUT2D eigenvalue weighted by atomic mass is 9.96. The highest BCUT2D eigenvalue weighted by Gasteiger charge is 2.19. The maximum Gasteiger partial charge on any atom is 0.264 e. The Hall–Kier alpha value is -1.89. The van der Waals surface area contributed by atoms with Gasteiger partial charge in [0.2, 0.25) is 11.8 Å². The standard InChI is InChI=1S/C16H24N2O4S/c1-11(2)9-12(3)10-16(20)18-23(21,22)15-7-5-14(6-8-15)17-13(4)19/h5-8,11-12H,9-10H2,1-4H3,(H,17,19)(H,18,20)/t12-/m0/s1. The molecule has 23 heavy (non-hydrogen) atoms. The highest BCUT2D eigenvalue weighted by atomic mass is 32.2. The van der Waals surface area contributed by atoms with Crippen molar-refractivity contribution in [2.24, 2.45) is 11.8 Å². The van der Waals surface area contributed by atoms with Crippen LogP contribution in [0.1, 0.15) is 40.5 Å². The molecule has 7 heteroatoms. The summed E-state index contributed by atoms with van der Waals surface area (Å²) in [7, 11) is -3.89. The highest BCUT2D eigenvalue weighted by Crippen LogP contribution is 2.16. The molecular weight excluding hydrogens is 316 g/mol. The van der Waals surface area contributed by atoms with E-state index in [0.29, 0.717) is 11.6 Å². The van der Waals surface area contributed by atoms with Crippen molar-refractivity contribution in [1.82, 2.24) is 4.72 Å². The molecule has 1 aromatic carbocycles. The smallest absolute Gasteiger partial charge is 0.264 e. The molecule has 0 aliphatic rings. The Morgan fingerprint density at radius 1 is 1.09 bits per heavy atom. The molecule has 0 radical (unpaired) electrons. The molecule has 2 N–H and O–H groups in total. The molecule has 0 bridgehead atoms. The van der Waals surface area contributed by atoms with Crippen LogP contribution >= 0.6 is 0 Å². The van der Waals surface area contributed by atoms with Gasteiger partial charge in [0, 0.05) is 19.0 Å². The molecule has 128 valence electrons. The zero-order chi connectivity index (χ0) is 17.6. The largest absolute Gasteiger partial charge is 0.326 e. The Kier molecular flexibility index (Phi) is 6.75. The van der Waals surface area contributed by atoms with Crippen LogP contribution in [-0.4, -0.2) is 20.2 Å². The van der Waals surface area contributed by atoms with E-state index in [-0.39, 0.29) is 23.1 Å². The van der Waals surface area contributed by atoms with E-state index in [1.54, 1.807) is 0 Å². The molecule has 1 atom stereocenters. The molecule has 0 fully saturated rings. The van der Waals surface area contributed by atoms with Gasteiger partial charge in [0.1, 0.15) is 0 Å². The first-order valence-electron chi connectivity index (χ1n) is 7.53. The molecule has 0 aromatic heterocycles. The van der Waals surface area contributed by atoms with Crippen molar-refractivity contribution in [3.8, 4) is 0 Å². The fourth-order valence-electron chi connectivity index (χ4n) is 2.38. The van der Waals surface area contributed by atoms with Crippen molar-refractivity contribution in [3.05, 3.63) is 24.3 Å². The van der Waals surface area contributed by atoms with Gasteiger partial charge in [-0.3, -0.25) is 9.59 Å². The van der Waals surface area contributed by atoms with Crippen LogP contribution in [0.4, 0.5) is 5.69 Å². The van der Waals surface area contributed by atoms with Crippen molar-refractivity contribution >= 4 is 27.5 Å². The monoisotopic (exact) mass is 340 g/mol. The second-order valence-corrected chi connectivity index (χ2v) is 7.86. The third kappa shape index (κ3) is 6.81. The third-order valence-corrected chi connectivity index (χ3v) is 4.53. The Morgan fingerprint density at radius 2 is 1.65 bits per heavy atom. The summed E-state index contributed by atoms with van der Waals surface area (Å²) in [6.07, 6.45) is 1.03. The first kappa shape index (κ1) is 19.2. The number of amides is 2. The zero-order valence-electron chi connectivity index (χ0n) is 13.9. The molecule has 0 aliphatic heterocycles. The average molecular weight is 340 g/mol. The Labute approximate surface area is 137 Å². The summed E-state index contributed by atoms with van der Waals surface area (Å²) >= 11 is 0. The van der Waals surface area contributed by atoms with E-state index in [4.69, 9.17) is 0 Å². The number of benzene rings is 1. The van der Waals surface area contributed by atoms with Gasteiger partial charge < -0.3 is 5.32 Å². The van der Waals surface area contributed by atoms with Gasteiger partial charge in [-0.25, -0.2) is 13.1 Å². The first-order valence-corrected chi connectivity index (χ1v) is 9.01. The molecule has 0 spiro atoms. The second kappa shape index (κ2) is 8.10. The van der Waals surface area contributed by atoms with Crippen molar-refractivity contribution < 1.29 is 18.0 Å². The second-order valence-electron chi connectivity index (χ2n) is 6.17. The molecule has 0 saturated carbocycles. The van der Waals surface area contributed by atoms with Crippen LogP contribution in [0.25, 0.3) is 0 Å². The fourth-order valence-corrected chi connectivity index (χ4v) is 3.37. The van der Waals surface area contributed by atoms with Crippen LogP contribution in [-0.2, 0) is 19.6 Å². The molecule has 0 unspecified atom stereocenters. The predicted molar refractivity (Wildman–Crippen MR) is 89.3 cm³/mol. The van der Waals surface area contributed by atoms with Crippen LogP contribution in [0, 0.1) is 11.8 Å². The summed E-state index contributed by atoms with van der Waals surface area (Å²) in [4.78, 5) is 22.8. The minimum absolute atomic E-state index is 0.0172. The minimum atomic E-state index is -3.89. The summed E-state index contributed by atoms with van der Waals surface area (Å²) in [6, 6.07) is 5.64. The first-order chi connectivity index (χ1) is 10.6. The average Bonchev–Trinajstić information content (AvgIpc) is 2.36. The lowest BCUT2D eigenvalue weighted by Crippen LogP contribution is -2.31. The van der Waals surface area contributed by atoms with Gasteiger partial charge in [-0.15, -0.1) is 0 Å². The van der Waals surface area contributed by atoms with Crippen molar-refractivity contribution in [1.29, 1.82) is 0 Å². The number of carbonyl (C=O) groups is 2. The molecule has 0 aliphatic carbocycles. The van der Waals surface area contributed by atoms with Crippen molar-refractivity contribution in [3.63, 3.8) is 0 Å². The molecule has 0 saturated heterocycles. The number of hydrogen-bond donors (Lipinski definition) is 2.